The van der Waals surface area contributed by atoms with E-state index in [0.717, 1.165) is 10.9 Å². The summed E-state index contributed by atoms with van der Waals surface area (Å²) in [5.74, 6) is 0.578. The fourth-order valence-electron chi connectivity index (χ4n) is 2.95. The fourth-order valence-corrected chi connectivity index (χ4v) is 2.95. The molecule has 2 atom stereocenters. The van der Waals surface area contributed by atoms with Gasteiger partial charge < -0.3 is 19.4 Å². The largest absolute Gasteiger partial charge is 0.482 e. The van der Waals surface area contributed by atoms with Gasteiger partial charge in [0.15, 0.2) is 5.75 Å². The minimum Gasteiger partial charge on any atom is -0.482 e. The highest BCUT2D eigenvalue weighted by Crippen LogP contribution is 2.17. The van der Waals surface area contributed by atoms with Crippen LogP contribution in [0.15, 0.2) is 48.9 Å². The van der Waals surface area contributed by atoms with Crippen molar-refractivity contribution in [3.05, 3.63) is 48.9 Å². The van der Waals surface area contributed by atoms with Crippen LogP contribution >= 0.6 is 0 Å². The predicted molar refractivity (Wildman–Crippen MR) is 87.7 cm³/mol. The van der Waals surface area contributed by atoms with Gasteiger partial charge in [-0.2, -0.15) is 5.10 Å². The first-order valence-corrected chi connectivity index (χ1v) is 7.86. The zero-order chi connectivity index (χ0) is 16.4. The minimum atomic E-state index is -0.215. The fraction of sp³-hybridized carbons (Fsp3) is 0.294. The molecule has 1 aromatic carbocycles. The molecular weight excluding hydrogens is 308 g/mol. The van der Waals surface area contributed by atoms with Crippen LogP contribution in [0.1, 0.15) is 0 Å². The second-order valence-electron chi connectivity index (χ2n) is 5.80. The van der Waals surface area contributed by atoms with Gasteiger partial charge in [0, 0.05) is 11.7 Å². The quantitative estimate of drug-likeness (QED) is 0.741. The zero-order valence-electron chi connectivity index (χ0n) is 13.0. The van der Waals surface area contributed by atoms with Crippen LogP contribution in [0.2, 0.25) is 0 Å². The zero-order valence-corrected chi connectivity index (χ0v) is 13.0. The predicted octanol–water partition coefficient (Wildman–Crippen LogP) is 1.33. The second kappa shape index (κ2) is 6.37. The number of aromatic amines is 1. The number of fused-ring (bicyclic) bond motifs is 1. The van der Waals surface area contributed by atoms with Gasteiger partial charge in [0.2, 0.25) is 5.91 Å². The standard InChI is InChI=1S/C17H18N4O3/c22-17(9-21-6-5-12-3-1-2-4-15(12)21)20-14-10-23-11-16(14)24-13-7-18-19-8-13/h1-8,14,16H,9-11H2,(H,18,19)(H,20,22)/t14-,16+/m0/s1. The first-order valence-electron chi connectivity index (χ1n) is 7.86. The van der Waals surface area contributed by atoms with Crippen molar-refractivity contribution in [2.24, 2.45) is 0 Å². The Morgan fingerprint density at radius 2 is 2.29 bits per heavy atom. The third-order valence-corrected chi connectivity index (χ3v) is 4.13. The van der Waals surface area contributed by atoms with E-state index in [1.807, 2.05) is 41.1 Å². The molecule has 0 bridgehead atoms. The number of nitrogens with one attached hydrogen (secondary N) is 2. The number of H-pyrrole nitrogens is 1. The number of rotatable bonds is 5. The molecule has 7 heteroatoms. The number of nitrogens with zero attached hydrogens (tertiary/aromatic N) is 2. The number of hydrogen-bond acceptors (Lipinski definition) is 4. The summed E-state index contributed by atoms with van der Waals surface area (Å²) in [7, 11) is 0. The molecule has 1 fully saturated rings. The monoisotopic (exact) mass is 326 g/mol. The Bertz CT molecular complexity index is 827. The summed E-state index contributed by atoms with van der Waals surface area (Å²) in [5.41, 5.74) is 1.04. The minimum absolute atomic E-state index is 0.0624. The van der Waals surface area contributed by atoms with Crippen LogP contribution < -0.4 is 10.1 Å². The highest BCUT2D eigenvalue weighted by atomic mass is 16.5. The van der Waals surface area contributed by atoms with Crippen molar-refractivity contribution in [3.63, 3.8) is 0 Å². The van der Waals surface area contributed by atoms with Crippen molar-refractivity contribution in [3.8, 4) is 5.75 Å². The highest BCUT2D eigenvalue weighted by molar-refractivity contribution is 5.83. The molecular formula is C17H18N4O3. The summed E-state index contributed by atoms with van der Waals surface area (Å²) < 4.78 is 13.2. The van der Waals surface area contributed by atoms with Crippen molar-refractivity contribution in [2.45, 2.75) is 18.7 Å². The number of benzene rings is 1. The van der Waals surface area contributed by atoms with Gasteiger partial charge in [-0.15, -0.1) is 0 Å². The van der Waals surface area contributed by atoms with Crippen LogP contribution in [0.25, 0.3) is 10.9 Å². The van der Waals surface area contributed by atoms with E-state index in [1.54, 1.807) is 12.4 Å². The summed E-state index contributed by atoms with van der Waals surface area (Å²) in [4.78, 5) is 12.4. The SMILES string of the molecule is O=C(Cn1ccc2ccccc21)N[C@H]1COC[C@H]1Oc1cn[nH]c1. The number of para-hydroxylation sites is 1. The molecule has 124 valence electrons. The van der Waals surface area contributed by atoms with Crippen molar-refractivity contribution in [2.75, 3.05) is 13.2 Å². The van der Waals surface area contributed by atoms with Gasteiger partial charge in [-0.1, -0.05) is 18.2 Å². The van der Waals surface area contributed by atoms with Crippen molar-refractivity contribution in [1.82, 2.24) is 20.1 Å². The Labute approximate surface area is 138 Å². The molecule has 0 radical (unpaired) electrons. The number of carbonyl (C=O) groups is 1. The normalized spacial score (nSPS) is 20.3. The maximum absolute atomic E-state index is 12.4. The Kier molecular flexibility index (Phi) is 3.92. The molecule has 0 saturated carbocycles. The van der Waals surface area contributed by atoms with Crippen molar-refractivity contribution >= 4 is 16.8 Å². The smallest absolute Gasteiger partial charge is 0.240 e. The van der Waals surface area contributed by atoms with E-state index in [0.29, 0.717) is 19.0 Å². The van der Waals surface area contributed by atoms with E-state index < -0.39 is 0 Å². The van der Waals surface area contributed by atoms with Gasteiger partial charge in [0.05, 0.1) is 31.6 Å². The van der Waals surface area contributed by atoms with Gasteiger partial charge in [0.1, 0.15) is 12.6 Å². The number of aromatic nitrogens is 3. The van der Waals surface area contributed by atoms with Crippen molar-refractivity contribution in [1.29, 1.82) is 0 Å². The summed E-state index contributed by atoms with van der Waals surface area (Å²) in [5, 5.41) is 10.7. The molecule has 1 aliphatic heterocycles. The number of hydrogen-bond donors (Lipinski definition) is 2. The van der Waals surface area contributed by atoms with E-state index in [4.69, 9.17) is 9.47 Å². The average molecular weight is 326 g/mol. The molecule has 0 aliphatic carbocycles. The molecule has 2 aromatic heterocycles. The highest BCUT2D eigenvalue weighted by Gasteiger charge is 2.31. The molecule has 0 spiro atoms. The summed E-state index contributed by atoms with van der Waals surface area (Å²) in [6, 6.07) is 9.83. The van der Waals surface area contributed by atoms with Gasteiger partial charge in [-0.3, -0.25) is 9.89 Å². The maximum atomic E-state index is 12.4. The van der Waals surface area contributed by atoms with E-state index in [-0.39, 0.29) is 24.6 Å². The lowest BCUT2D eigenvalue weighted by molar-refractivity contribution is -0.122. The van der Waals surface area contributed by atoms with Crippen LogP contribution in [-0.2, 0) is 16.1 Å². The van der Waals surface area contributed by atoms with Gasteiger partial charge in [-0.05, 0) is 17.5 Å². The van der Waals surface area contributed by atoms with Crippen LogP contribution in [-0.4, -0.2) is 46.0 Å². The molecule has 3 heterocycles. The second-order valence-corrected chi connectivity index (χ2v) is 5.80. The van der Waals surface area contributed by atoms with Gasteiger partial charge >= 0.3 is 0 Å². The van der Waals surface area contributed by atoms with E-state index in [9.17, 15) is 4.79 Å². The van der Waals surface area contributed by atoms with Crippen LogP contribution in [0.3, 0.4) is 0 Å². The third kappa shape index (κ3) is 2.98. The average Bonchev–Trinajstić information content (AvgIpc) is 3.31. The Morgan fingerprint density at radius 1 is 1.38 bits per heavy atom. The molecule has 1 saturated heterocycles. The lowest BCUT2D eigenvalue weighted by Gasteiger charge is -2.20. The first-order chi connectivity index (χ1) is 11.8. The third-order valence-electron chi connectivity index (χ3n) is 4.13. The van der Waals surface area contributed by atoms with E-state index in [1.165, 1.54) is 0 Å². The number of carbonyl (C=O) groups excluding carboxylic acids is 1. The molecule has 1 amide bonds. The Hall–Kier alpha value is -2.80. The first kappa shape index (κ1) is 14.8. The molecule has 3 aromatic rings. The molecule has 7 nitrogen and oxygen atoms in total. The molecule has 2 N–H and O–H groups in total. The molecule has 0 unspecified atom stereocenters. The van der Waals surface area contributed by atoms with Crippen molar-refractivity contribution < 1.29 is 14.3 Å². The Morgan fingerprint density at radius 3 is 3.17 bits per heavy atom. The lowest BCUT2D eigenvalue weighted by Crippen LogP contribution is -2.46. The topological polar surface area (TPSA) is 81.2 Å². The summed E-state index contributed by atoms with van der Waals surface area (Å²) in [6.45, 7) is 1.16. The van der Waals surface area contributed by atoms with E-state index in [2.05, 4.69) is 15.5 Å². The number of amides is 1. The number of ether oxygens (including phenoxy) is 2. The summed E-state index contributed by atoms with van der Waals surface area (Å²) in [6.07, 6.45) is 4.98. The molecule has 24 heavy (non-hydrogen) atoms. The van der Waals surface area contributed by atoms with Crippen LogP contribution in [0.4, 0.5) is 0 Å². The van der Waals surface area contributed by atoms with Gasteiger partial charge in [0.25, 0.3) is 0 Å². The Balaban J connectivity index is 1.40. The van der Waals surface area contributed by atoms with Crippen LogP contribution in [0.5, 0.6) is 5.75 Å². The van der Waals surface area contributed by atoms with Gasteiger partial charge in [-0.25, -0.2) is 0 Å². The molecule has 4 rings (SSSR count). The summed E-state index contributed by atoms with van der Waals surface area (Å²) >= 11 is 0. The van der Waals surface area contributed by atoms with Crippen LogP contribution in [0, 0.1) is 0 Å². The maximum Gasteiger partial charge on any atom is 0.240 e. The van der Waals surface area contributed by atoms with E-state index >= 15 is 0 Å². The molecule has 1 aliphatic rings. The lowest BCUT2D eigenvalue weighted by atomic mass is 10.2.